The van der Waals surface area contributed by atoms with Crippen LogP contribution in [0, 0.1) is 0 Å². The minimum Gasteiger partial charge on any atom is -0.356 e. The standard InChI is InChI=1S/C24H27N5OS/c1-2-20-15-22(29-13-5-6-14-29)28-24(27-20)31-17-18-8-10-19(11-9-18)23(30)26-16-21-7-3-4-12-25-21/h3-4,7-12,15H,2,5-6,13-14,16-17H2,1H3,(H,26,30). The van der Waals surface area contributed by atoms with Crippen LogP contribution in [0.25, 0.3) is 0 Å². The minimum atomic E-state index is -0.0981. The molecule has 4 rings (SSSR count). The third kappa shape index (κ3) is 5.82. The first-order valence-corrected chi connectivity index (χ1v) is 11.7. The van der Waals surface area contributed by atoms with Gasteiger partial charge in [0.1, 0.15) is 5.82 Å². The summed E-state index contributed by atoms with van der Waals surface area (Å²) in [6, 6.07) is 15.5. The number of hydrogen-bond donors (Lipinski definition) is 1. The molecule has 6 nitrogen and oxygen atoms in total. The van der Waals surface area contributed by atoms with Gasteiger partial charge in [0, 0.05) is 42.4 Å². The molecule has 0 spiro atoms. The van der Waals surface area contributed by atoms with Crippen LogP contribution in [0.15, 0.2) is 59.9 Å². The summed E-state index contributed by atoms with van der Waals surface area (Å²) in [4.78, 5) is 28.4. The lowest BCUT2D eigenvalue weighted by atomic mass is 10.1. The second-order valence-corrected chi connectivity index (χ2v) is 8.48. The fourth-order valence-corrected chi connectivity index (χ4v) is 4.32. The molecule has 1 N–H and O–H groups in total. The predicted molar refractivity (Wildman–Crippen MR) is 124 cm³/mol. The molecule has 160 valence electrons. The molecule has 31 heavy (non-hydrogen) atoms. The van der Waals surface area contributed by atoms with Crippen molar-refractivity contribution >= 4 is 23.5 Å². The summed E-state index contributed by atoms with van der Waals surface area (Å²) >= 11 is 1.64. The normalized spacial score (nSPS) is 13.4. The second kappa shape index (κ2) is 10.4. The van der Waals surface area contributed by atoms with Gasteiger partial charge in [0.05, 0.1) is 12.2 Å². The molecule has 3 heterocycles. The number of carbonyl (C=O) groups is 1. The Morgan fingerprint density at radius 1 is 1.06 bits per heavy atom. The zero-order valence-corrected chi connectivity index (χ0v) is 18.6. The maximum absolute atomic E-state index is 12.4. The first-order valence-electron chi connectivity index (χ1n) is 10.7. The van der Waals surface area contributed by atoms with Crippen LogP contribution in [0.3, 0.4) is 0 Å². The molecule has 0 saturated carbocycles. The lowest BCUT2D eigenvalue weighted by Gasteiger charge is -2.17. The van der Waals surface area contributed by atoms with Gasteiger partial charge < -0.3 is 10.2 Å². The van der Waals surface area contributed by atoms with Crippen molar-refractivity contribution < 1.29 is 4.79 Å². The molecular weight excluding hydrogens is 406 g/mol. The molecular formula is C24H27N5OS. The molecule has 1 aliphatic rings. The Morgan fingerprint density at radius 3 is 2.58 bits per heavy atom. The number of pyridine rings is 1. The zero-order valence-electron chi connectivity index (χ0n) is 17.8. The fraction of sp³-hybridized carbons (Fsp3) is 0.333. The summed E-state index contributed by atoms with van der Waals surface area (Å²) in [6.07, 6.45) is 5.09. The number of aryl methyl sites for hydroxylation is 1. The number of benzene rings is 1. The second-order valence-electron chi connectivity index (χ2n) is 7.54. The highest BCUT2D eigenvalue weighted by atomic mass is 32.2. The quantitative estimate of drug-likeness (QED) is 0.423. The fourth-order valence-electron chi connectivity index (χ4n) is 3.49. The molecule has 1 aliphatic heterocycles. The van der Waals surface area contributed by atoms with Crippen molar-refractivity contribution in [3.05, 3.63) is 77.2 Å². The summed E-state index contributed by atoms with van der Waals surface area (Å²) in [7, 11) is 0. The van der Waals surface area contributed by atoms with E-state index < -0.39 is 0 Å². The lowest BCUT2D eigenvalue weighted by Crippen LogP contribution is -2.23. The third-order valence-corrected chi connectivity index (χ3v) is 6.20. The maximum Gasteiger partial charge on any atom is 0.251 e. The number of hydrogen-bond acceptors (Lipinski definition) is 6. The SMILES string of the molecule is CCc1cc(N2CCCC2)nc(SCc2ccc(C(=O)NCc3ccccn3)cc2)n1. The van der Waals surface area contributed by atoms with Crippen molar-refractivity contribution in [3.8, 4) is 0 Å². The van der Waals surface area contributed by atoms with Gasteiger partial charge >= 0.3 is 0 Å². The van der Waals surface area contributed by atoms with Crippen LogP contribution in [0.5, 0.6) is 0 Å². The average molecular weight is 434 g/mol. The highest BCUT2D eigenvalue weighted by Gasteiger charge is 2.16. The molecule has 0 radical (unpaired) electrons. The molecule has 0 aliphatic carbocycles. The minimum absolute atomic E-state index is 0.0981. The number of anilines is 1. The van der Waals surface area contributed by atoms with Gasteiger partial charge in [0.25, 0.3) is 5.91 Å². The van der Waals surface area contributed by atoms with Crippen LogP contribution < -0.4 is 10.2 Å². The first kappa shape index (κ1) is 21.3. The Kier molecular flexibility index (Phi) is 7.14. The van der Waals surface area contributed by atoms with Crippen LogP contribution in [0.1, 0.15) is 47.1 Å². The predicted octanol–water partition coefficient (Wildman–Crippen LogP) is 4.26. The molecule has 1 amide bonds. The topological polar surface area (TPSA) is 71.0 Å². The Labute approximate surface area is 187 Å². The number of amides is 1. The highest BCUT2D eigenvalue weighted by molar-refractivity contribution is 7.98. The maximum atomic E-state index is 12.4. The van der Waals surface area contributed by atoms with E-state index in [1.165, 1.54) is 12.8 Å². The molecule has 1 fully saturated rings. The van der Waals surface area contributed by atoms with Crippen LogP contribution >= 0.6 is 11.8 Å². The van der Waals surface area contributed by atoms with Gasteiger partial charge in [-0.15, -0.1) is 0 Å². The van der Waals surface area contributed by atoms with E-state index in [-0.39, 0.29) is 5.91 Å². The lowest BCUT2D eigenvalue weighted by molar-refractivity contribution is 0.0950. The van der Waals surface area contributed by atoms with Crippen LogP contribution in [-0.2, 0) is 18.7 Å². The van der Waals surface area contributed by atoms with E-state index in [1.807, 2.05) is 42.5 Å². The molecule has 0 bridgehead atoms. The third-order valence-electron chi connectivity index (χ3n) is 5.28. The van der Waals surface area contributed by atoms with E-state index in [9.17, 15) is 4.79 Å². The number of aromatic nitrogens is 3. The van der Waals surface area contributed by atoms with Gasteiger partial charge in [-0.1, -0.05) is 36.9 Å². The van der Waals surface area contributed by atoms with E-state index in [0.717, 1.165) is 53.2 Å². The number of nitrogens with one attached hydrogen (secondary N) is 1. The first-order chi connectivity index (χ1) is 15.2. The summed E-state index contributed by atoms with van der Waals surface area (Å²) in [6.45, 7) is 4.70. The Hall–Kier alpha value is -2.93. The summed E-state index contributed by atoms with van der Waals surface area (Å²) in [5.41, 5.74) is 3.70. The van der Waals surface area contributed by atoms with E-state index in [2.05, 4.69) is 28.2 Å². The number of carbonyl (C=O) groups excluding carboxylic acids is 1. The summed E-state index contributed by atoms with van der Waals surface area (Å²) < 4.78 is 0. The Bertz CT molecular complexity index is 1000. The van der Waals surface area contributed by atoms with Crippen molar-refractivity contribution in [1.29, 1.82) is 0 Å². The van der Waals surface area contributed by atoms with Crippen LogP contribution in [-0.4, -0.2) is 33.9 Å². The molecule has 0 unspecified atom stereocenters. The van der Waals surface area contributed by atoms with E-state index >= 15 is 0 Å². The van der Waals surface area contributed by atoms with E-state index in [0.29, 0.717) is 12.1 Å². The van der Waals surface area contributed by atoms with Gasteiger partial charge in [0.2, 0.25) is 0 Å². The molecule has 1 saturated heterocycles. The molecule has 0 atom stereocenters. The summed E-state index contributed by atoms with van der Waals surface area (Å²) in [5.74, 6) is 1.72. The van der Waals surface area contributed by atoms with Gasteiger partial charge in [-0.25, -0.2) is 9.97 Å². The molecule has 3 aromatic rings. The van der Waals surface area contributed by atoms with E-state index in [4.69, 9.17) is 9.97 Å². The van der Waals surface area contributed by atoms with Gasteiger partial charge in [0.15, 0.2) is 5.16 Å². The van der Waals surface area contributed by atoms with Gasteiger partial charge in [-0.2, -0.15) is 0 Å². The van der Waals surface area contributed by atoms with Gasteiger partial charge in [-0.05, 0) is 49.1 Å². The van der Waals surface area contributed by atoms with E-state index in [1.54, 1.807) is 18.0 Å². The molecule has 1 aromatic carbocycles. The van der Waals surface area contributed by atoms with Gasteiger partial charge in [-0.3, -0.25) is 9.78 Å². The van der Waals surface area contributed by atoms with Crippen molar-refractivity contribution in [1.82, 2.24) is 20.3 Å². The number of rotatable bonds is 8. The van der Waals surface area contributed by atoms with Crippen molar-refractivity contribution in [3.63, 3.8) is 0 Å². The molecule has 7 heteroatoms. The Balaban J connectivity index is 1.35. The molecule has 2 aromatic heterocycles. The van der Waals surface area contributed by atoms with Crippen LogP contribution in [0.4, 0.5) is 5.82 Å². The number of thioether (sulfide) groups is 1. The van der Waals surface area contributed by atoms with Crippen molar-refractivity contribution in [2.24, 2.45) is 0 Å². The van der Waals surface area contributed by atoms with Crippen molar-refractivity contribution in [2.45, 2.75) is 43.6 Å². The number of nitrogens with zero attached hydrogens (tertiary/aromatic N) is 4. The smallest absolute Gasteiger partial charge is 0.251 e. The average Bonchev–Trinajstić information content (AvgIpc) is 3.37. The largest absolute Gasteiger partial charge is 0.356 e. The Morgan fingerprint density at radius 2 is 1.87 bits per heavy atom. The summed E-state index contributed by atoms with van der Waals surface area (Å²) in [5, 5.41) is 3.72. The highest BCUT2D eigenvalue weighted by Crippen LogP contribution is 2.25. The van der Waals surface area contributed by atoms with Crippen LogP contribution in [0.2, 0.25) is 0 Å². The zero-order chi connectivity index (χ0) is 21.5. The monoisotopic (exact) mass is 433 g/mol. The van der Waals surface area contributed by atoms with Crippen molar-refractivity contribution in [2.75, 3.05) is 18.0 Å².